The van der Waals surface area contributed by atoms with Crippen molar-refractivity contribution in [3.63, 3.8) is 0 Å². The maximum Gasteiger partial charge on any atom is 0.226 e. The average Bonchev–Trinajstić information content (AvgIpc) is 2.30. The molecule has 2 rings (SSSR count). The third-order valence-electron chi connectivity index (χ3n) is 2.08. The van der Waals surface area contributed by atoms with Crippen LogP contribution in [0.25, 0.3) is 0 Å². The predicted octanol–water partition coefficient (Wildman–Crippen LogP) is 5.30. The second-order valence-electron chi connectivity index (χ2n) is 3.43. The third-order valence-corrected chi connectivity index (χ3v) is 3.75. The number of aryl methyl sites for hydroxylation is 1. The van der Waals surface area contributed by atoms with Crippen LogP contribution in [-0.2, 0) is 0 Å². The van der Waals surface area contributed by atoms with Crippen molar-refractivity contribution < 1.29 is 4.74 Å². The summed E-state index contributed by atoms with van der Waals surface area (Å²) in [7, 11) is 0. The van der Waals surface area contributed by atoms with Gasteiger partial charge in [-0.3, -0.25) is 0 Å². The van der Waals surface area contributed by atoms with Gasteiger partial charge in [-0.2, -0.15) is 4.98 Å². The molecule has 0 bridgehead atoms. The van der Waals surface area contributed by atoms with Crippen LogP contribution in [0.5, 0.6) is 11.6 Å². The lowest BCUT2D eigenvalue weighted by molar-refractivity contribution is 0.457. The normalized spacial score (nSPS) is 10.5. The number of halogens is 4. The summed E-state index contributed by atoms with van der Waals surface area (Å²) in [4.78, 5) is 7.82. The molecule has 3 nitrogen and oxygen atoms in total. The Hall–Kier alpha value is -0.550. The summed E-state index contributed by atoms with van der Waals surface area (Å²) in [5, 5.41) is 1.02. The number of nitrogens with zero attached hydrogens (tertiary/aromatic N) is 2. The number of hydrogen-bond donors (Lipinski definition) is 0. The predicted molar refractivity (Wildman–Crippen MR) is 76.0 cm³/mol. The largest absolute Gasteiger partial charge is 0.437 e. The minimum atomic E-state index is 0.106. The number of ether oxygens (including phenoxy) is 1. The molecule has 0 fully saturated rings. The van der Waals surface area contributed by atoms with Gasteiger partial charge < -0.3 is 4.74 Å². The van der Waals surface area contributed by atoms with Crippen LogP contribution in [0.3, 0.4) is 0 Å². The molecule has 0 atom stereocenters. The SMILES string of the molecule is Cc1cnc(Cl)nc1Oc1cc(Cl)c(Br)cc1Cl. The van der Waals surface area contributed by atoms with Gasteiger partial charge >= 0.3 is 0 Å². The lowest BCUT2D eigenvalue weighted by Crippen LogP contribution is -1.94. The summed E-state index contributed by atoms with van der Waals surface area (Å²) in [5.41, 5.74) is 0.745. The summed E-state index contributed by atoms with van der Waals surface area (Å²) < 4.78 is 6.28. The molecule has 0 N–H and O–H groups in total. The van der Waals surface area contributed by atoms with Gasteiger partial charge in [0, 0.05) is 22.3 Å². The summed E-state index contributed by atoms with van der Waals surface area (Å²) in [6.07, 6.45) is 1.57. The zero-order chi connectivity index (χ0) is 13.3. The topological polar surface area (TPSA) is 35.0 Å². The molecule has 0 aliphatic heterocycles. The second kappa shape index (κ2) is 5.61. The minimum absolute atomic E-state index is 0.106. The van der Waals surface area contributed by atoms with E-state index in [0.717, 1.165) is 5.56 Å². The summed E-state index contributed by atoms with van der Waals surface area (Å²) in [5.74, 6) is 0.748. The van der Waals surface area contributed by atoms with Crippen molar-refractivity contribution >= 4 is 50.7 Å². The smallest absolute Gasteiger partial charge is 0.226 e. The maximum atomic E-state index is 6.05. The third kappa shape index (κ3) is 3.06. The van der Waals surface area contributed by atoms with Gasteiger partial charge in [0.25, 0.3) is 0 Å². The zero-order valence-electron chi connectivity index (χ0n) is 9.05. The molecule has 18 heavy (non-hydrogen) atoms. The molecule has 0 saturated heterocycles. The second-order valence-corrected chi connectivity index (χ2v) is 5.43. The van der Waals surface area contributed by atoms with Crippen molar-refractivity contribution in [3.8, 4) is 11.6 Å². The van der Waals surface area contributed by atoms with E-state index in [1.165, 1.54) is 0 Å². The molecule has 0 saturated carbocycles. The van der Waals surface area contributed by atoms with Crippen LogP contribution in [0, 0.1) is 6.92 Å². The molecule has 0 aliphatic rings. The Balaban J connectivity index is 2.40. The van der Waals surface area contributed by atoms with Gasteiger partial charge in [0.15, 0.2) is 0 Å². The van der Waals surface area contributed by atoms with Crippen molar-refractivity contribution in [3.05, 3.63) is 43.7 Å². The molecular formula is C11H6BrCl3N2O. The van der Waals surface area contributed by atoms with Gasteiger partial charge in [-0.15, -0.1) is 0 Å². The average molecular weight is 368 g/mol. The van der Waals surface area contributed by atoms with Crippen LogP contribution >= 0.6 is 50.7 Å². The molecule has 0 amide bonds. The molecule has 1 aromatic carbocycles. The highest BCUT2D eigenvalue weighted by atomic mass is 79.9. The molecule has 1 heterocycles. The molecule has 94 valence electrons. The zero-order valence-corrected chi connectivity index (χ0v) is 12.9. The van der Waals surface area contributed by atoms with Gasteiger partial charge in [-0.05, 0) is 40.5 Å². The van der Waals surface area contributed by atoms with Crippen molar-refractivity contribution in [2.45, 2.75) is 6.92 Å². The van der Waals surface area contributed by atoms with Gasteiger partial charge in [-0.1, -0.05) is 23.2 Å². The van der Waals surface area contributed by atoms with Crippen LogP contribution in [-0.4, -0.2) is 9.97 Å². The van der Waals surface area contributed by atoms with Crippen molar-refractivity contribution in [1.82, 2.24) is 9.97 Å². The molecule has 0 unspecified atom stereocenters. The number of aromatic nitrogens is 2. The fourth-order valence-corrected chi connectivity index (χ4v) is 2.15. The van der Waals surface area contributed by atoms with Crippen LogP contribution in [0.4, 0.5) is 0 Å². The van der Waals surface area contributed by atoms with Gasteiger partial charge in [-0.25, -0.2) is 4.98 Å². The van der Waals surface area contributed by atoms with E-state index in [1.807, 2.05) is 0 Å². The van der Waals surface area contributed by atoms with Crippen LogP contribution < -0.4 is 4.74 Å². The van der Waals surface area contributed by atoms with Gasteiger partial charge in [0.05, 0.1) is 10.0 Å². The van der Waals surface area contributed by atoms with Crippen LogP contribution in [0.15, 0.2) is 22.8 Å². The van der Waals surface area contributed by atoms with Crippen molar-refractivity contribution in [2.24, 2.45) is 0 Å². The fraction of sp³-hybridized carbons (Fsp3) is 0.0909. The minimum Gasteiger partial charge on any atom is -0.437 e. The molecular weight excluding hydrogens is 362 g/mol. The van der Waals surface area contributed by atoms with Gasteiger partial charge in [0.1, 0.15) is 5.75 Å². The Morgan fingerprint density at radius 3 is 2.61 bits per heavy atom. The Kier molecular flexibility index (Phi) is 4.33. The van der Waals surface area contributed by atoms with E-state index in [2.05, 4.69) is 25.9 Å². The van der Waals surface area contributed by atoms with Crippen molar-refractivity contribution in [2.75, 3.05) is 0 Å². The quantitative estimate of drug-likeness (QED) is 0.533. The van der Waals surface area contributed by atoms with E-state index in [4.69, 9.17) is 39.5 Å². The molecule has 0 spiro atoms. The summed E-state index contributed by atoms with van der Waals surface area (Å²) >= 11 is 21.0. The number of hydrogen-bond acceptors (Lipinski definition) is 3. The van der Waals surface area contributed by atoms with Crippen LogP contribution in [0.2, 0.25) is 15.3 Å². The van der Waals surface area contributed by atoms with E-state index in [0.29, 0.717) is 26.1 Å². The Morgan fingerprint density at radius 2 is 1.89 bits per heavy atom. The standard InChI is InChI=1S/C11H6BrCl3N2O/c1-5-4-16-11(15)17-10(5)18-9-3-7(13)6(12)2-8(9)14/h2-4H,1H3. The van der Waals surface area contributed by atoms with Crippen molar-refractivity contribution in [1.29, 1.82) is 0 Å². The fourth-order valence-electron chi connectivity index (χ4n) is 1.20. The summed E-state index contributed by atoms with van der Waals surface area (Å²) in [6, 6.07) is 3.25. The Labute approximate surface area is 127 Å². The Morgan fingerprint density at radius 1 is 1.17 bits per heavy atom. The van der Waals surface area contributed by atoms with E-state index >= 15 is 0 Å². The number of benzene rings is 1. The van der Waals surface area contributed by atoms with Gasteiger partial charge in [0.2, 0.25) is 11.2 Å². The monoisotopic (exact) mass is 366 g/mol. The molecule has 0 radical (unpaired) electrons. The summed E-state index contributed by atoms with van der Waals surface area (Å²) in [6.45, 7) is 1.81. The lowest BCUT2D eigenvalue weighted by atomic mass is 10.3. The van der Waals surface area contributed by atoms with E-state index in [9.17, 15) is 0 Å². The molecule has 2 aromatic rings. The van der Waals surface area contributed by atoms with E-state index in [1.54, 1.807) is 25.3 Å². The first-order chi connectivity index (χ1) is 8.47. The highest BCUT2D eigenvalue weighted by molar-refractivity contribution is 9.10. The first-order valence-corrected chi connectivity index (χ1v) is 6.71. The molecule has 0 aliphatic carbocycles. The first kappa shape index (κ1) is 13.9. The highest BCUT2D eigenvalue weighted by Crippen LogP contribution is 2.36. The molecule has 1 aromatic heterocycles. The first-order valence-electron chi connectivity index (χ1n) is 4.79. The van der Waals surface area contributed by atoms with E-state index in [-0.39, 0.29) is 5.28 Å². The van der Waals surface area contributed by atoms with Crippen LogP contribution in [0.1, 0.15) is 5.56 Å². The van der Waals surface area contributed by atoms with E-state index < -0.39 is 0 Å². The molecule has 7 heteroatoms. The lowest BCUT2D eigenvalue weighted by Gasteiger charge is -2.09. The number of rotatable bonds is 2. The Bertz CT molecular complexity index is 607. The highest BCUT2D eigenvalue weighted by Gasteiger charge is 2.11. The maximum absolute atomic E-state index is 6.05.